The molecule has 2 amide bonds. The molecule has 0 aromatic heterocycles. The van der Waals surface area contributed by atoms with Crippen molar-refractivity contribution in [2.45, 2.75) is 44.1 Å². The second-order valence-electron chi connectivity index (χ2n) is 5.02. The lowest BCUT2D eigenvalue weighted by Crippen LogP contribution is -2.59. The van der Waals surface area contributed by atoms with Gasteiger partial charge >= 0.3 is 12.0 Å². The molecule has 0 atom stereocenters. The van der Waals surface area contributed by atoms with E-state index in [0.29, 0.717) is 32.6 Å². The number of carboxylic acid groups (broad SMARTS) is 1. The number of hydrogen-bond donors (Lipinski definition) is 3. The van der Waals surface area contributed by atoms with E-state index in [-0.39, 0.29) is 0 Å². The van der Waals surface area contributed by atoms with Crippen molar-refractivity contribution in [2.24, 2.45) is 0 Å². The van der Waals surface area contributed by atoms with Crippen LogP contribution in [0.3, 0.4) is 0 Å². The smallest absolute Gasteiger partial charge is 0.329 e. The number of hydrogen-bond acceptors (Lipinski definition) is 3. The molecule has 1 fully saturated rings. The first kappa shape index (κ1) is 16.5. The number of ether oxygens (including phenoxy) is 1. The summed E-state index contributed by atoms with van der Waals surface area (Å²) < 4.78 is 5.15. The van der Waals surface area contributed by atoms with Crippen LogP contribution in [0.4, 0.5) is 4.79 Å². The summed E-state index contributed by atoms with van der Waals surface area (Å²) in [6.45, 7) is 4.91. The van der Waals surface area contributed by atoms with E-state index >= 15 is 0 Å². The molecule has 6 nitrogen and oxygen atoms in total. The van der Waals surface area contributed by atoms with Crippen LogP contribution in [0.2, 0.25) is 0 Å². The van der Waals surface area contributed by atoms with Crippen LogP contribution in [-0.4, -0.2) is 42.4 Å². The molecule has 0 saturated carbocycles. The minimum atomic E-state index is -1.19. The van der Waals surface area contributed by atoms with Crippen LogP contribution >= 0.6 is 0 Å². The Labute approximate surface area is 119 Å². The minimum Gasteiger partial charge on any atom is -0.480 e. The van der Waals surface area contributed by atoms with Crippen molar-refractivity contribution < 1.29 is 19.4 Å². The average Bonchev–Trinajstić information content (AvgIpc) is 2.43. The Kier molecular flexibility index (Phi) is 7.08. The van der Waals surface area contributed by atoms with Gasteiger partial charge in [0, 0.05) is 32.6 Å². The van der Waals surface area contributed by atoms with E-state index in [1.807, 2.05) is 6.08 Å². The molecule has 0 aromatic rings. The predicted octanol–water partition coefficient (Wildman–Crippen LogP) is 1.67. The largest absolute Gasteiger partial charge is 0.480 e. The number of carbonyl (C=O) groups is 2. The van der Waals surface area contributed by atoms with Crippen molar-refractivity contribution in [3.8, 4) is 0 Å². The van der Waals surface area contributed by atoms with Crippen molar-refractivity contribution in [3.05, 3.63) is 12.7 Å². The van der Waals surface area contributed by atoms with Crippen molar-refractivity contribution in [2.75, 3.05) is 19.8 Å². The number of allylic oxidation sites excluding steroid dienone is 1. The third-order valence-electron chi connectivity index (χ3n) is 3.48. The molecule has 0 unspecified atom stereocenters. The molecule has 20 heavy (non-hydrogen) atoms. The topological polar surface area (TPSA) is 87.7 Å². The van der Waals surface area contributed by atoms with Crippen LogP contribution in [0.5, 0.6) is 0 Å². The van der Waals surface area contributed by atoms with Crippen LogP contribution in [-0.2, 0) is 9.53 Å². The maximum Gasteiger partial charge on any atom is 0.329 e. The zero-order valence-electron chi connectivity index (χ0n) is 11.8. The molecule has 1 heterocycles. The van der Waals surface area contributed by atoms with Crippen molar-refractivity contribution >= 4 is 12.0 Å². The summed E-state index contributed by atoms with van der Waals surface area (Å²) >= 11 is 0. The van der Waals surface area contributed by atoms with Gasteiger partial charge in [0.15, 0.2) is 0 Å². The molecule has 0 bridgehead atoms. The Morgan fingerprint density at radius 1 is 1.25 bits per heavy atom. The molecule has 6 heteroatoms. The first-order valence-corrected chi connectivity index (χ1v) is 7.09. The Hall–Kier alpha value is -1.56. The normalized spacial score (nSPS) is 17.2. The lowest BCUT2D eigenvalue weighted by atomic mass is 9.90. The van der Waals surface area contributed by atoms with Crippen LogP contribution in [0.15, 0.2) is 12.7 Å². The highest BCUT2D eigenvalue weighted by molar-refractivity contribution is 5.86. The van der Waals surface area contributed by atoms with Gasteiger partial charge in [-0.2, -0.15) is 0 Å². The summed E-state index contributed by atoms with van der Waals surface area (Å²) in [4.78, 5) is 23.1. The van der Waals surface area contributed by atoms with Crippen LogP contribution in [0, 0.1) is 0 Å². The number of urea groups is 1. The van der Waals surface area contributed by atoms with Gasteiger partial charge in [-0.15, -0.1) is 6.58 Å². The second-order valence-corrected chi connectivity index (χ2v) is 5.02. The number of aliphatic carboxylic acids is 1. The molecule has 1 saturated heterocycles. The number of unbranched alkanes of at least 4 members (excludes halogenated alkanes) is 3. The van der Waals surface area contributed by atoms with Gasteiger partial charge in [-0.3, -0.25) is 0 Å². The molecule has 1 aliphatic rings. The maximum absolute atomic E-state index is 11.8. The van der Waals surface area contributed by atoms with Gasteiger partial charge < -0.3 is 20.5 Å². The molecule has 0 aromatic carbocycles. The van der Waals surface area contributed by atoms with Gasteiger partial charge in [0.05, 0.1) is 0 Å². The Bertz CT molecular complexity index is 338. The molecule has 3 N–H and O–H groups in total. The van der Waals surface area contributed by atoms with E-state index in [9.17, 15) is 14.7 Å². The second kappa shape index (κ2) is 8.58. The van der Waals surface area contributed by atoms with Crippen LogP contribution in [0.25, 0.3) is 0 Å². The molecule has 0 spiro atoms. The van der Waals surface area contributed by atoms with Gasteiger partial charge in [-0.25, -0.2) is 9.59 Å². The van der Waals surface area contributed by atoms with E-state index in [2.05, 4.69) is 17.2 Å². The van der Waals surface area contributed by atoms with Gasteiger partial charge in [0.2, 0.25) is 0 Å². The zero-order chi connectivity index (χ0) is 14.8. The third-order valence-corrected chi connectivity index (χ3v) is 3.48. The highest BCUT2D eigenvalue weighted by Crippen LogP contribution is 2.20. The van der Waals surface area contributed by atoms with E-state index in [0.717, 1.165) is 25.7 Å². The highest BCUT2D eigenvalue weighted by atomic mass is 16.5. The molecule has 1 aliphatic heterocycles. The molecule has 114 valence electrons. The number of nitrogens with one attached hydrogen (secondary N) is 2. The fourth-order valence-corrected chi connectivity index (χ4v) is 2.17. The standard InChI is InChI=1S/C14H24N2O4/c1-2-3-4-5-6-9-15-13(19)16-14(12(17)18)7-10-20-11-8-14/h2H,1,3-11H2,(H,17,18)(H2,15,16,19). The summed E-state index contributed by atoms with van der Waals surface area (Å²) in [5.41, 5.74) is -1.19. The highest BCUT2D eigenvalue weighted by Gasteiger charge is 2.41. The fraction of sp³-hybridized carbons (Fsp3) is 0.714. The Morgan fingerprint density at radius 3 is 2.55 bits per heavy atom. The Balaban J connectivity index is 2.28. The number of rotatable bonds is 8. The van der Waals surface area contributed by atoms with E-state index in [1.54, 1.807) is 0 Å². The minimum absolute atomic E-state index is 0.301. The lowest BCUT2D eigenvalue weighted by Gasteiger charge is -2.33. The van der Waals surface area contributed by atoms with Gasteiger partial charge in [-0.1, -0.05) is 12.5 Å². The lowest BCUT2D eigenvalue weighted by molar-refractivity contribution is -0.148. The third kappa shape index (κ3) is 5.21. The maximum atomic E-state index is 11.8. The van der Waals surface area contributed by atoms with E-state index < -0.39 is 17.5 Å². The van der Waals surface area contributed by atoms with Crippen molar-refractivity contribution in [1.29, 1.82) is 0 Å². The van der Waals surface area contributed by atoms with Gasteiger partial charge in [0.25, 0.3) is 0 Å². The molecular weight excluding hydrogens is 260 g/mol. The van der Waals surface area contributed by atoms with E-state index in [4.69, 9.17) is 4.74 Å². The number of carboxylic acids is 1. The SMILES string of the molecule is C=CCCCCCNC(=O)NC1(C(=O)O)CCOCC1. The number of amides is 2. The van der Waals surface area contributed by atoms with Gasteiger partial charge in [-0.05, 0) is 19.3 Å². The van der Waals surface area contributed by atoms with Crippen molar-refractivity contribution in [3.63, 3.8) is 0 Å². The van der Waals surface area contributed by atoms with E-state index in [1.165, 1.54) is 0 Å². The molecular formula is C14H24N2O4. The van der Waals surface area contributed by atoms with Crippen LogP contribution < -0.4 is 10.6 Å². The quantitative estimate of drug-likeness (QED) is 0.467. The summed E-state index contributed by atoms with van der Waals surface area (Å²) in [5.74, 6) is -0.998. The summed E-state index contributed by atoms with van der Waals surface area (Å²) in [6.07, 6.45) is 6.41. The fourth-order valence-electron chi connectivity index (χ4n) is 2.17. The summed E-state index contributed by atoms with van der Waals surface area (Å²) in [7, 11) is 0. The van der Waals surface area contributed by atoms with Gasteiger partial charge in [0.1, 0.15) is 5.54 Å². The molecule has 0 radical (unpaired) electrons. The molecule has 0 aliphatic carbocycles. The monoisotopic (exact) mass is 284 g/mol. The first-order chi connectivity index (χ1) is 9.60. The molecule has 1 rings (SSSR count). The Morgan fingerprint density at radius 2 is 1.95 bits per heavy atom. The summed E-state index contributed by atoms with van der Waals surface area (Å²) in [6, 6.07) is -0.418. The van der Waals surface area contributed by atoms with Crippen LogP contribution in [0.1, 0.15) is 38.5 Å². The number of carbonyl (C=O) groups excluding carboxylic acids is 1. The first-order valence-electron chi connectivity index (χ1n) is 7.09. The van der Waals surface area contributed by atoms with Crippen molar-refractivity contribution in [1.82, 2.24) is 10.6 Å². The summed E-state index contributed by atoms with van der Waals surface area (Å²) in [5, 5.41) is 14.6. The zero-order valence-corrected chi connectivity index (χ0v) is 11.8. The average molecular weight is 284 g/mol. The predicted molar refractivity (Wildman–Crippen MR) is 75.6 cm³/mol.